The number of amides is 2. The van der Waals surface area contributed by atoms with Gasteiger partial charge in [-0.3, -0.25) is 9.59 Å². The van der Waals surface area contributed by atoms with Crippen molar-refractivity contribution >= 4 is 22.7 Å². The summed E-state index contributed by atoms with van der Waals surface area (Å²) in [5.74, 6) is 0.780. The second kappa shape index (κ2) is 6.54. The van der Waals surface area contributed by atoms with Crippen LogP contribution in [0.1, 0.15) is 38.2 Å². The van der Waals surface area contributed by atoms with Crippen molar-refractivity contribution in [1.82, 2.24) is 14.8 Å². The van der Waals surface area contributed by atoms with Crippen molar-refractivity contribution in [2.75, 3.05) is 13.1 Å². The van der Waals surface area contributed by atoms with E-state index in [1.54, 1.807) is 4.90 Å². The number of nitrogens with one attached hydrogen (secondary N) is 1. The second-order valence-electron chi connectivity index (χ2n) is 7.47. The van der Waals surface area contributed by atoms with Crippen LogP contribution in [0.15, 0.2) is 30.5 Å². The molecule has 1 aromatic heterocycles. The molecular weight excluding hydrogens is 314 g/mol. The standard InChI is InChI=1S/C20H25N3O2/c1-14-5-4-10-22(12-14)20(25)18-8-9-19(24)23(18)13-15-11-21-17-7-3-2-6-16(15)17/h2-3,6-7,11,14,18,21H,4-5,8-10,12-13H2,1H3/t14-,18-/m1/s1. The fraction of sp³-hybridized carbons (Fsp3) is 0.500. The van der Waals surface area contributed by atoms with E-state index in [0.717, 1.165) is 36.0 Å². The summed E-state index contributed by atoms with van der Waals surface area (Å²) in [6.07, 6.45) is 5.33. The first-order valence-electron chi connectivity index (χ1n) is 9.26. The number of likely N-dealkylation sites (tertiary alicyclic amines) is 2. The highest BCUT2D eigenvalue weighted by molar-refractivity contribution is 5.91. The fourth-order valence-corrected chi connectivity index (χ4v) is 4.23. The van der Waals surface area contributed by atoms with Gasteiger partial charge in [0.15, 0.2) is 0 Å². The first kappa shape index (κ1) is 16.2. The molecule has 1 N–H and O–H groups in total. The van der Waals surface area contributed by atoms with E-state index >= 15 is 0 Å². The van der Waals surface area contributed by atoms with Gasteiger partial charge in [0.25, 0.3) is 0 Å². The summed E-state index contributed by atoms with van der Waals surface area (Å²) in [6, 6.07) is 7.79. The largest absolute Gasteiger partial charge is 0.361 e. The summed E-state index contributed by atoms with van der Waals surface area (Å²) in [7, 11) is 0. The minimum absolute atomic E-state index is 0.0914. The van der Waals surface area contributed by atoms with Gasteiger partial charge in [0.05, 0.1) is 0 Å². The molecule has 3 heterocycles. The maximum absolute atomic E-state index is 13.0. The summed E-state index contributed by atoms with van der Waals surface area (Å²) >= 11 is 0. The van der Waals surface area contributed by atoms with Crippen LogP contribution < -0.4 is 0 Å². The highest BCUT2D eigenvalue weighted by Crippen LogP contribution is 2.27. The monoisotopic (exact) mass is 339 g/mol. The summed E-state index contributed by atoms with van der Waals surface area (Å²) in [5.41, 5.74) is 2.15. The van der Waals surface area contributed by atoms with Crippen molar-refractivity contribution in [1.29, 1.82) is 0 Å². The first-order valence-corrected chi connectivity index (χ1v) is 9.26. The Morgan fingerprint density at radius 1 is 1.28 bits per heavy atom. The van der Waals surface area contributed by atoms with E-state index in [-0.39, 0.29) is 17.9 Å². The maximum atomic E-state index is 13.0. The number of aromatic nitrogens is 1. The number of benzene rings is 1. The highest BCUT2D eigenvalue weighted by atomic mass is 16.2. The van der Waals surface area contributed by atoms with Crippen LogP contribution in [0.4, 0.5) is 0 Å². The van der Waals surface area contributed by atoms with E-state index in [9.17, 15) is 9.59 Å². The van der Waals surface area contributed by atoms with Gasteiger partial charge < -0.3 is 14.8 Å². The average Bonchev–Trinajstić information content (AvgIpc) is 3.19. The number of carbonyl (C=O) groups excluding carboxylic acids is 2. The number of carbonyl (C=O) groups is 2. The number of nitrogens with zero attached hydrogens (tertiary/aromatic N) is 2. The van der Waals surface area contributed by atoms with E-state index < -0.39 is 0 Å². The molecule has 2 aliphatic rings. The van der Waals surface area contributed by atoms with Gasteiger partial charge in [0.2, 0.25) is 11.8 Å². The van der Waals surface area contributed by atoms with Crippen LogP contribution >= 0.6 is 0 Å². The number of H-pyrrole nitrogens is 1. The van der Waals surface area contributed by atoms with Gasteiger partial charge in [-0.2, -0.15) is 0 Å². The van der Waals surface area contributed by atoms with Gasteiger partial charge in [0, 0.05) is 43.2 Å². The predicted molar refractivity (Wildman–Crippen MR) is 96.8 cm³/mol. The van der Waals surface area contributed by atoms with Gasteiger partial charge in [-0.25, -0.2) is 0 Å². The van der Waals surface area contributed by atoms with E-state index in [1.807, 2.05) is 29.3 Å². The summed E-state index contributed by atoms with van der Waals surface area (Å²) in [4.78, 5) is 32.5. The molecule has 2 aliphatic heterocycles. The molecule has 132 valence electrons. The quantitative estimate of drug-likeness (QED) is 0.935. The molecule has 0 radical (unpaired) electrons. The Morgan fingerprint density at radius 3 is 2.96 bits per heavy atom. The third-order valence-corrected chi connectivity index (χ3v) is 5.60. The Morgan fingerprint density at radius 2 is 2.12 bits per heavy atom. The van der Waals surface area contributed by atoms with Crippen LogP contribution in [0, 0.1) is 5.92 Å². The third kappa shape index (κ3) is 3.03. The second-order valence-corrected chi connectivity index (χ2v) is 7.47. The first-order chi connectivity index (χ1) is 12.1. The van der Waals surface area contributed by atoms with Crippen LogP contribution in [-0.4, -0.2) is 45.7 Å². The number of rotatable bonds is 3. The Bertz CT molecular complexity index is 797. The zero-order chi connectivity index (χ0) is 17.4. The highest BCUT2D eigenvalue weighted by Gasteiger charge is 2.39. The molecule has 0 bridgehead atoms. The van der Waals surface area contributed by atoms with Gasteiger partial charge in [-0.15, -0.1) is 0 Å². The molecular formula is C20H25N3O2. The summed E-state index contributed by atoms with van der Waals surface area (Å²) in [6.45, 7) is 4.35. The molecule has 2 fully saturated rings. The zero-order valence-electron chi connectivity index (χ0n) is 14.7. The number of hydrogen-bond donors (Lipinski definition) is 1. The number of para-hydroxylation sites is 1. The van der Waals surface area contributed by atoms with Crippen molar-refractivity contribution in [2.24, 2.45) is 5.92 Å². The van der Waals surface area contributed by atoms with E-state index in [0.29, 0.717) is 25.3 Å². The van der Waals surface area contributed by atoms with Crippen LogP contribution in [0.5, 0.6) is 0 Å². The van der Waals surface area contributed by atoms with E-state index in [1.165, 1.54) is 6.42 Å². The molecule has 0 unspecified atom stereocenters. The van der Waals surface area contributed by atoms with Crippen molar-refractivity contribution in [3.05, 3.63) is 36.0 Å². The van der Waals surface area contributed by atoms with Crippen LogP contribution in [0.25, 0.3) is 10.9 Å². The lowest BCUT2D eigenvalue weighted by Gasteiger charge is -2.35. The number of aromatic amines is 1. The Balaban J connectivity index is 1.54. The molecule has 25 heavy (non-hydrogen) atoms. The SMILES string of the molecule is C[C@@H]1CCCN(C(=O)[C@H]2CCC(=O)N2Cc2c[nH]c3ccccc23)C1. The Labute approximate surface area is 148 Å². The minimum Gasteiger partial charge on any atom is -0.361 e. The molecule has 2 atom stereocenters. The lowest BCUT2D eigenvalue weighted by atomic mass is 9.99. The smallest absolute Gasteiger partial charge is 0.245 e. The molecule has 4 rings (SSSR count). The van der Waals surface area contributed by atoms with Crippen LogP contribution in [0.3, 0.4) is 0 Å². The third-order valence-electron chi connectivity index (χ3n) is 5.60. The molecule has 0 saturated carbocycles. The lowest BCUT2D eigenvalue weighted by Crippen LogP contribution is -2.49. The van der Waals surface area contributed by atoms with Gasteiger partial charge in [-0.1, -0.05) is 25.1 Å². The molecule has 2 aromatic rings. The number of fused-ring (bicyclic) bond motifs is 1. The normalized spacial score (nSPS) is 24.3. The van der Waals surface area contributed by atoms with Crippen molar-refractivity contribution in [2.45, 2.75) is 45.2 Å². The molecule has 2 saturated heterocycles. The van der Waals surface area contributed by atoms with Crippen molar-refractivity contribution in [3.8, 4) is 0 Å². The topological polar surface area (TPSA) is 56.4 Å². The van der Waals surface area contributed by atoms with Gasteiger partial charge >= 0.3 is 0 Å². The average molecular weight is 339 g/mol. The maximum Gasteiger partial charge on any atom is 0.245 e. The fourth-order valence-electron chi connectivity index (χ4n) is 4.23. The Kier molecular flexibility index (Phi) is 4.24. The molecule has 0 spiro atoms. The molecule has 5 nitrogen and oxygen atoms in total. The molecule has 2 amide bonds. The molecule has 5 heteroatoms. The van der Waals surface area contributed by atoms with E-state index in [2.05, 4.69) is 18.0 Å². The molecule has 1 aromatic carbocycles. The summed E-state index contributed by atoms with van der Waals surface area (Å²) in [5, 5.41) is 1.12. The van der Waals surface area contributed by atoms with Crippen molar-refractivity contribution < 1.29 is 9.59 Å². The minimum atomic E-state index is -0.300. The Hall–Kier alpha value is -2.30. The zero-order valence-corrected chi connectivity index (χ0v) is 14.7. The van der Waals surface area contributed by atoms with Gasteiger partial charge in [-0.05, 0) is 36.8 Å². The number of hydrogen-bond acceptors (Lipinski definition) is 2. The molecule has 0 aliphatic carbocycles. The lowest BCUT2D eigenvalue weighted by molar-refractivity contribution is -0.143. The van der Waals surface area contributed by atoms with E-state index in [4.69, 9.17) is 0 Å². The number of piperidine rings is 1. The van der Waals surface area contributed by atoms with Gasteiger partial charge in [0.1, 0.15) is 6.04 Å². The van der Waals surface area contributed by atoms with Crippen molar-refractivity contribution in [3.63, 3.8) is 0 Å². The van der Waals surface area contributed by atoms with Crippen LogP contribution in [0.2, 0.25) is 0 Å². The summed E-state index contributed by atoms with van der Waals surface area (Å²) < 4.78 is 0. The predicted octanol–water partition coefficient (Wildman–Crippen LogP) is 2.92. The van der Waals surface area contributed by atoms with Crippen LogP contribution in [-0.2, 0) is 16.1 Å².